The fraction of sp³-hybridized carbons (Fsp3) is 0.281. The van der Waals surface area contributed by atoms with E-state index in [2.05, 4.69) is 47.8 Å². The lowest BCUT2D eigenvalue weighted by molar-refractivity contribution is -0.123. The number of likely N-dealkylation sites (N-methyl/N-ethyl adjacent to an activating group) is 1. The molecule has 5 heteroatoms. The molecule has 0 spiro atoms. The van der Waals surface area contributed by atoms with Crippen molar-refractivity contribution in [1.29, 1.82) is 0 Å². The van der Waals surface area contributed by atoms with E-state index in [0.717, 1.165) is 16.9 Å². The Hall–Kier alpha value is -3.83. The first-order valence-electron chi connectivity index (χ1n) is 12.9. The Labute approximate surface area is 220 Å². The Balaban J connectivity index is 1.50. The zero-order chi connectivity index (χ0) is 26.0. The fourth-order valence-electron chi connectivity index (χ4n) is 4.46. The number of nitrogens with one attached hydrogen (secondary N) is 1. The number of nitrogens with zero attached hydrogens (tertiary/aromatic N) is 1. The number of hydrogen-bond acceptors (Lipinski definition) is 4. The van der Waals surface area contributed by atoms with E-state index in [1.165, 1.54) is 36.0 Å². The zero-order valence-electron chi connectivity index (χ0n) is 21.7. The molecule has 1 aliphatic rings. The van der Waals surface area contributed by atoms with Crippen molar-refractivity contribution in [3.63, 3.8) is 0 Å². The van der Waals surface area contributed by atoms with Crippen LogP contribution in [0.4, 0.5) is 0 Å². The van der Waals surface area contributed by atoms with Gasteiger partial charge in [-0.05, 0) is 70.9 Å². The molecule has 37 heavy (non-hydrogen) atoms. The number of allylic oxidation sites excluding steroid dienone is 1. The third-order valence-corrected chi connectivity index (χ3v) is 6.68. The minimum atomic E-state index is -0.0217. The van der Waals surface area contributed by atoms with Crippen LogP contribution in [-0.4, -0.2) is 49.7 Å². The highest BCUT2D eigenvalue weighted by Gasteiger charge is 2.27. The van der Waals surface area contributed by atoms with Gasteiger partial charge in [0.15, 0.2) is 0 Å². The van der Waals surface area contributed by atoms with Crippen molar-refractivity contribution in [3.8, 4) is 11.5 Å². The van der Waals surface area contributed by atoms with Gasteiger partial charge < -0.3 is 20.1 Å². The van der Waals surface area contributed by atoms with E-state index in [1.807, 2.05) is 30.3 Å². The molecule has 0 heterocycles. The van der Waals surface area contributed by atoms with Gasteiger partial charge >= 0.3 is 0 Å². The number of hydrogen-bond donors (Lipinski definition) is 2. The standard InChI is InChI=1S/C32H36N2O3/c1-34(2)30(36)12-7-21-33-22-23-37-29-19-15-27(16-20-29)32(26-13-17-28(35)18-14-26)31(25-10-6-11-25)24-8-4-3-5-9-24/h3-5,7-9,12-20,25,33,35H,6,10-11,21-23H2,1-2H3. The molecule has 2 N–H and O–H groups in total. The predicted octanol–water partition coefficient (Wildman–Crippen LogP) is 5.76. The van der Waals surface area contributed by atoms with Crippen LogP contribution in [0.3, 0.4) is 0 Å². The zero-order valence-corrected chi connectivity index (χ0v) is 21.7. The number of aromatic hydroxyl groups is 1. The fourth-order valence-corrected chi connectivity index (χ4v) is 4.46. The summed E-state index contributed by atoms with van der Waals surface area (Å²) < 4.78 is 5.94. The van der Waals surface area contributed by atoms with Gasteiger partial charge in [-0.25, -0.2) is 0 Å². The summed E-state index contributed by atoms with van der Waals surface area (Å²) in [4.78, 5) is 13.1. The van der Waals surface area contributed by atoms with Crippen LogP contribution in [0.25, 0.3) is 11.1 Å². The second kappa shape index (κ2) is 12.9. The van der Waals surface area contributed by atoms with Crippen molar-refractivity contribution in [2.75, 3.05) is 33.8 Å². The summed E-state index contributed by atoms with van der Waals surface area (Å²) in [6.45, 7) is 1.83. The Morgan fingerprint density at radius 2 is 1.59 bits per heavy atom. The maximum absolute atomic E-state index is 11.6. The van der Waals surface area contributed by atoms with Gasteiger partial charge in [0.1, 0.15) is 18.1 Å². The molecule has 0 radical (unpaired) electrons. The Kier molecular flexibility index (Phi) is 9.17. The van der Waals surface area contributed by atoms with Crippen LogP contribution in [0.5, 0.6) is 11.5 Å². The normalized spacial score (nSPS) is 14.2. The molecule has 3 aromatic rings. The average molecular weight is 497 g/mol. The monoisotopic (exact) mass is 496 g/mol. The molecule has 1 fully saturated rings. The number of carbonyl (C=O) groups is 1. The van der Waals surface area contributed by atoms with Crippen molar-refractivity contribution in [2.45, 2.75) is 19.3 Å². The molecule has 1 aliphatic carbocycles. The molecule has 1 amide bonds. The maximum Gasteiger partial charge on any atom is 0.245 e. The lowest BCUT2D eigenvalue weighted by Gasteiger charge is -2.31. The molecular formula is C32H36N2O3. The van der Waals surface area contributed by atoms with Crippen LogP contribution in [0.2, 0.25) is 0 Å². The SMILES string of the molecule is CN(C)C(=O)C=CCNCCOc1ccc(C(=C(c2ccccc2)C2CCC2)c2ccc(O)cc2)cc1. The number of amides is 1. The Bertz CT molecular complexity index is 1210. The number of benzene rings is 3. The summed E-state index contributed by atoms with van der Waals surface area (Å²) in [6, 6.07) is 26.5. The highest BCUT2D eigenvalue weighted by molar-refractivity contribution is 5.99. The molecule has 192 valence electrons. The van der Waals surface area contributed by atoms with Crippen LogP contribution in [0.15, 0.2) is 91.0 Å². The molecule has 0 bridgehead atoms. The molecule has 0 saturated heterocycles. The van der Waals surface area contributed by atoms with Crippen LogP contribution < -0.4 is 10.1 Å². The summed E-state index contributed by atoms with van der Waals surface area (Å²) >= 11 is 0. The number of rotatable bonds is 11. The number of ether oxygens (including phenoxy) is 1. The number of phenolic OH excluding ortho intramolecular Hbond substituents is 1. The summed E-state index contributed by atoms with van der Waals surface area (Å²) in [5, 5.41) is 13.2. The van der Waals surface area contributed by atoms with E-state index in [-0.39, 0.29) is 11.7 Å². The van der Waals surface area contributed by atoms with Gasteiger partial charge in [-0.2, -0.15) is 0 Å². The summed E-state index contributed by atoms with van der Waals surface area (Å²) in [7, 11) is 3.47. The largest absolute Gasteiger partial charge is 0.508 e. The van der Waals surface area contributed by atoms with Crippen molar-refractivity contribution in [1.82, 2.24) is 10.2 Å². The van der Waals surface area contributed by atoms with Gasteiger partial charge in [0.05, 0.1) is 0 Å². The third kappa shape index (κ3) is 7.11. The maximum atomic E-state index is 11.6. The lowest BCUT2D eigenvalue weighted by Crippen LogP contribution is -2.22. The van der Waals surface area contributed by atoms with E-state index >= 15 is 0 Å². The van der Waals surface area contributed by atoms with E-state index in [9.17, 15) is 9.90 Å². The second-order valence-corrected chi connectivity index (χ2v) is 9.54. The summed E-state index contributed by atoms with van der Waals surface area (Å²) in [5.74, 6) is 1.59. The van der Waals surface area contributed by atoms with Gasteiger partial charge in [0, 0.05) is 33.3 Å². The molecule has 0 aliphatic heterocycles. The van der Waals surface area contributed by atoms with Crippen molar-refractivity contribution in [3.05, 3.63) is 108 Å². The molecule has 3 aromatic carbocycles. The topological polar surface area (TPSA) is 61.8 Å². The third-order valence-electron chi connectivity index (χ3n) is 6.68. The van der Waals surface area contributed by atoms with Crippen LogP contribution in [0, 0.1) is 5.92 Å². The van der Waals surface area contributed by atoms with Crippen molar-refractivity contribution in [2.24, 2.45) is 5.92 Å². The molecule has 4 rings (SSSR count). The van der Waals surface area contributed by atoms with Crippen LogP contribution in [-0.2, 0) is 4.79 Å². The first-order chi connectivity index (χ1) is 18.0. The van der Waals surface area contributed by atoms with E-state index in [4.69, 9.17) is 4.74 Å². The highest BCUT2D eigenvalue weighted by atomic mass is 16.5. The van der Waals surface area contributed by atoms with Gasteiger partial charge in [-0.15, -0.1) is 0 Å². The first kappa shape index (κ1) is 26.2. The van der Waals surface area contributed by atoms with Gasteiger partial charge in [-0.3, -0.25) is 4.79 Å². The average Bonchev–Trinajstić information content (AvgIpc) is 2.88. The van der Waals surface area contributed by atoms with Crippen LogP contribution >= 0.6 is 0 Å². The first-order valence-corrected chi connectivity index (χ1v) is 12.9. The predicted molar refractivity (Wildman–Crippen MR) is 150 cm³/mol. The van der Waals surface area contributed by atoms with E-state index in [0.29, 0.717) is 25.6 Å². The van der Waals surface area contributed by atoms with Gasteiger partial charge in [0.25, 0.3) is 0 Å². The minimum absolute atomic E-state index is 0.0217. The Morgan fingerprint density at radius 3 is 2.19 bits per heavy atom. The van der Waals surface area contributed by atoms with Gasteiger partial charge in [0.2, 0.25) is 5.91 Å². The van der Waals surface area contributed by atoms with Crippen LogP contribution in [0.1, 0.15) is 36.0 Å². The molecular weight excluding hydrogens is 460 g/mol. The second-order valence-electron chi connectivity index (χ2n) is 9.54. The molecule has 0 unspecified atom stereocenters. The van der Waals surface area contributed by atoms with Crippen molar-refractivity contribution >= 4 is 17.1 Å². The quantitative estimate of drug-likeness (QED) is 0.201. The van der Waals surface area contributed by atoms with Crippen molar-refractivity contribution < 1.29 is 14.6 Å². The van der Waals surface area contributed by atoms with E-state index < -0.39 is 0 Å². The van der Waals surface area contributed by atoms with E-state index in [1.54, 1.807) is 37.2 Å². The molecule has 0 atom stereocenters. The number of carbonyl (C=O) groups excluding carboxylic acids is 1. The molecule has 0 aromatic heterocycles. The summed E-state index contributed by atoms with van der Waals surface area (Å²) in [5.41, 5.74) is 6.07. The highest BCUT2D eigenvalue weighted by Crippen LogP contribution is 2.45. The molecule has 5 nitrogen and oxygen atoms in total. The van der Waals surface area contributed by atoms with Gasteiger partial charge in [-0.1, -0.05) is 67.1 Å². The molecule has 1 saturated carbocycles. The Morgan fingerprint density at radius 1 is 0.946 bits per heavy atom. The lowest BCUT2D eigenvalue weighted by atomic mass is 9.73. The summed E-state index contributed by atoms with van der Waals surface area (Å²) in [6.07, 6.45) is 7.03. The smallest absolute Gasteiger partial charge is 0.245 e. The minimum Gasteiger partial charge on any atom is -0.508 e. The number of phenols is 1.